The van der Waals surface area contributed by atoms with E-state index in [1.165, 1.54) is 83.7 Å². The molecular weight excluding hydrogens is 256 g/mol. The lowest BCUT2D eigenvalue weighted by atomic mass is 9.66. The summed E-state index contributed by atoms with van der Waals surface area (Å²) in [4.78, 5) is 2.82. The molecule has 0 aromatic rings. The molecule has 0 amide bonds. The van der Waals surface area contributed by atoms with Crippen LogP contribution in [0.1, 0.15) is 84.5 Å². The van der Waals surface area contributed by atoms with Gasteiger partial charge in [0.05, 0.1) is 0 Å². The second-order valence-corrected chi connectivity index (χ2v) is 8.51. The molecule has 2 N–H and O–H groups in total. The molecule has 21 heavy (non-hydrogen) atoms. The molecule has 122 valence electrons. The Kier molecular flexibility index (Phi) is 4.40. The van der Waals surface area contributed by atoms with Crippen LogP contribution in [0.2, 0.25) is 0 Å². The van der Waals surface area contributed by atoms with E-state index in [2.05, 4.69) is 18.7 Å². The van der Waals surface area contributed by atoms with E-state index in [1.54, 1.807) is 0 Å². The molecule has 3 fully saturated rings. The Bertz CT molecular complexity index is 343. The molecule has 0 bridgehead atoms. The Morgan fingerprint density at radius 3 is 1.95 bits per heavy atom. The molecule has 2 aliphatic carbocycles. The van der Waals surface area contributed by atoms with Gasteiger partial charge in [-0.1, -0.05) is 26.7 Å². The van der Waals surface area contributed by atoms with Gasteiger partial charge in [-0.25, -0.2) is 0 Å². The summed E-state index contributed by atoms with van der Waals surface area (Å²) in [7, 11) is 0. The SMILES string of the molecule is CCC1(CC)CCN(C2(CN)CCC3(CCCC3)CC2)C1. The molecule has 0 atom stereocenters. The van der Waals surface area contributed by atoms with Crippen molar-refractivity contribution in [1.82, 2.24) is 4.90 Å². The van der Waals surface area contributed by atoms with Gasteiger partial charge in [-0.3, -0.25) is 4.90 Å². The van der Waals surface area contributed by atoms with Crippen molar-refractivity contribution in [2.45, 2.75) is 90.0 Å². The summed E-state index contributed by atoms with van der Waals surface area (Å²) in [6, 6.07) is 0. The quantitative estimate of drug-likeness (QED) is 0.835. The van der Waals surface area contributed by atoms with E-state index in [0.717, 1.165) is 12.0 Å². The molecule has 2 nitrogen and oxygen atoms in total. The standard InChI is InChI=1S/C19H36N2/c1-3-17(4-2)13-14-21(16-17)19(15-20)11-9-18(10-12-19)7-5-6-8-18/h3-16,20H2,1-2H3. The molecule has 1 saturated heterocycles. The fourth-order valence-electron chi connectivity index (χ4n) is 5.69. The topological polar surface area (TPSA) is 29.3 Å². The van der Waals surface area contributed by atoms with Crippen molar-refractivity contribution in [3.05, 3.63) is 0 Å². The van der Waals surface area contributed by atoms with Gasteiger partial charge in [-0.2, -0.15) is 0 Å². The molecule has 2 saturated carbocycles. The minimum Gasteiger partial charge on any atom is -0.329 e. The van der Waals surface area contributed by atoms with Gasteiger partial charge in [-0.05, 0) is 75.2 Å². The number of likely N-dealkylation sites (tertiary alicyclic amines) is 1. The van der Waals surface area contributed by atoms with E-state index in [1.807, 2.05) is 0 Å². The highest BCUT2D eigenvalue weighted by molar-refractivity contribution is 5.04. The van der Waals surface area contributed by atoms with Crippen molar-refractivity contribution in [3.63, 3.8) is 0 Å². The van der Waals surface area contributed by atoms with Crippen LogP contribution in [0.4, 0.5) is 0 Å². The van der Waals surface area contributed by atoms with E-state index in [9.17, 15) is 0 Å². The lowest BCUT2D eigenvalue weighted by Crippen LogP contribution is -2.56. The molecule has 1 aliphatic heterocycles. The molecule has 0 aromatic heterocycles. The first-order valence-corrected chi connectivity index (χ1v) is 9.57. The lowest BCUT2D eigenvalue weighted by Gasteiger charge is -2.50. The van der Waals surface area contributed by atoms with E-state index in [4.69, 9.17) is 5.73 Å². The number of hydrogen-bond acceptors (Lipinski definition) is 2. The number of hydrogen-bond donors (Lipinski definition) is 1. The molecule has 0 aromatic carbocycles. The molecule has 3 aliphatic rings. The Labute approximate surface area is 131 Å². The van der Waals surface area contributed by atoms with Gasteiger partial charge in [0.1, 0.15) is 0 Å². The first-order chi connectivity index (χ1) is 10.1. The summed E-state index contributed by atoms with van der Waals surface area (Å²) in [5.74, 6) is 0. The zero-order valence-electron chi connectivity index (χ0n) is 14.4. The third-order valence-electron chi connectivity index (χ3n) is 7.89. The highest BCUT2D eigenvalue weighted by atomic mass is 15.2. The largest absolute Gasteiger partial charge is 0.329 e. The molecule has 1 spiro atoms. The van der Waals surface area contributed by atoms with Crippen LogP contribution in [0.25, 0.3) is 0 Å². The Morgan fingerprint density at radius 2 is 1.48 bits per heavy atom. The van der Waals surface area contributed by atoms with E-state index in [0.29, 0.717) is 11.0 Å². The van der Waals surface area contributed by atoms with Crippen molar-refractivity contribution >= 4 is 0 Å². The second kappa shape index (κ2) is 5.85. The monoisotopic (exact) mass is 292 g/mol. The Hall–Kier alpha value is -0.0800. The normalized spacial score (nSPS) is 31.0. The van der Waals surface area contributed by atoms with Crippen LogP contribution in [-0.4, -0.2) is 30.1 Å². The Morgan fingerprint density at radius 1 is 0.857 bits per heavy atom. The van der Waals surface area contributed by atoms with Crippen LogP contribution in [0, 0.1) is 10.8 Å². The van der Waals surface area contributed by atoms with Crippen molar-refractivity contribution in [2.75, 3.05) is 19.6 Å². The van der Waals surface area contributed by atoms with Gasteiger partial charge in [0.15, 0.2) is 0 Å². The van der Waals surface area contributed by atoms with Crippen LogP contribution in [0.5, 0.6) is 0 Å². The van der Waals surface area contributed by atoms with Crippen LogP contribution in [0.3, 0.4) is 0 Å². The van der Waals surface area contributed by atoms with Crippen LogP contribution < -0.4 is 5.73 Å². The predicted molar refractivity (Wildman–Crippen MR) is 90.4 cm³/mol. The fraction of sp³-hybridized carbons (Fsp3) is 1.00. The van der Waals surface area contributed by atoms with Gasteiger partial charge in [0, 0.05) is 18.6 Å². The smallest absolute Gasteiger partial charge is 0.0332 e. The number of rotatable bonds is 4. The molecule has 3 rings (SSSR count). The maximum absolute atomic E-state index is 6.33. The summed E-state index contributed by atoms with van der Waals surface area (Å²) in [5, 5.41) is 0. The zero-order valence-corrected chi connectivity index (χ0v) is 14.4. The van der Waals surface area contributed by atoms with Gasteiger partial charge < -0.3 is 5.73 Å². The van der Waals surface area contributed by atoms with E-state index in [-0.39, 0.29) is 0 Å². The number of nitrogens with two attached hydrogens (primary N) is 1. The Balaban J connectivity index is 1.68. The maximum Gasteiger partial charge on any atom is 0.0332 e. The minimum absolute atomic E-state index is 0.347. The first-order valence-electron chi connectivity index (χ1n) is 9.57. The van der Waals surface area contributed by atoms with E-state index >= 15 is 0 Å². The summed E-state index contributed by atoms with van der Waals surface area (Å²) in [6.45, 7) is 8.26. The summed E-state index contributed by atoms with van der Waals surface area (Å²) in [5.41, 5.74) is 8.00. The maximum atomic E-state index is 6.33. The first kappa shape index (κ1) is 15.8. The van der Waals surface area contributed by atoms with Gasteiger partial charge in [0.2, 0.25) is 0 Å². The molecule has 2 heteroatoms. The van der Waals surface area contributed by atoms with Crippen molar-refractivity contribution in [1.29, 1.82) is 0 Å². The second-order valence-electron chi connectivity index (χ2n) is 8.51. The fourth-order valence-corrected chi connectivity index (χ4v) is 5.69. The lowest BCUT2D eigenvalue weighted by molar-refractivity contribution is 0.0208. The van der Waals surface area contributed by atoms with Crippen LogP contribution in [-0.2, 0) is 0 Å². The molecule has 0 radical (unpaired) electrons. The highest BCUT2D eigenvalue weighted by Crippen LogP contribution is 2.53. The summed E-state index contributed by atoms with van der Waals surface area (Å²) < 4.78 is 0. The third kappa shape index (κ3) is 2.67. The highest BCUT2D eigenvalue weighted by Gasteiger charge is 2.49. The van der Waals surface area contributed by atoms with Crippen LogP contribution in [0.15, 0.2) is 0 Å². The zero-order chi connectivity index (χ0) is 15.0. The van der Waals surface area contributed by atoms with Gasteiger partial charge in [-0.15, -0.1) is 0 Å². The predicted octanol–water partition coefficient (Wildman–Crippen LogP) is 4.33. The summed E-state index contributed by atoms with van der Waals surface area (Å²) >= 11 is 0. The van der Waals surface area contributed by atoms with E-state index < -0.39 is 0 Å². The van der Waals surface area contributed by atoms with Gasteiger partial charge in [0.25, 0.3) is 0 Å². The summed E-state index contributed by atoms with van der Waals surface area (Å²) in [6.07, 6.45) is 15.7. The molecule has 1 heterocycles. The van der Waals surface area contributed by atoms with Crippen molar-refractivity contribution in [3.8, 4) is 0 Å². The van der Waals surface area contributed by atoms with Crippen molar-refractivity contribution < 1.29 is 0 Å². The minimum atomic E-state index is 0.347. The molecular formula is C19H36N2. The average Bonchev–Trinajstić information content (AvgIpc) is 3.17. The van der Waals surface area contributed by atoms with Gasteiger partial charge >= 0.3 is 0 Å². The van der Waals surface area contributed by atoms with Crippen molar-refractivity contribution in [2.24, 2.45) is 16.6 Å². The number of nitrogens with zero attached hydrogens (tertiary/aromatic N) is 1. The van der Waals surface area contributed by atoms with Crippen LogP contribution >= 0.6 is 0 Å². The average molecular weight is 293 g/mol. The third-order valence-corrected chi connectivity index (χ3v) is 7.89. The molecule has 0 unspecified atom stereocenters.